The zero-order valence-corrected chi connectivity index (χ0v) is 17.5. The van der Waals surface area contributed by atoms with Crippen molar-refractivity contribution >= 4 is 22.9 Å². The molecular formula is C23H24N2O3S. The Morgan fingerprint density at radius 1 is 1.17 bits per heavy atom. The number of thiazole rings is 1. The molecule has 1 aliphatic heterocycles. The number of carbonyl (C=O) groups excluding carboxylic acids is 1. The minimum atomic E-state index is -0.0102. The Bertz CT molecular complexity index is 1010. The minimum absolute atomic E-state index is 0.0102. The highest BCUT2D eigenvalue weighted by Crippen LogP contribution is 2.36. The molecule has 3 aromatic rings. The molecule has 0 unspecified atom stereocenters. The van der Waals surface area contributed by atoms with Crippen LogP contribution in [0.5, 0.6) is 11.5 Å². The molecule has 5 nitrogen and oxygen atoms in total. The number of fused-ring (bicyclic) bond motifs is 1. The zero-order valence-electron chi connectivity index (χ0n) is 16.7. The summed E-state index contributed by atoms with van der Waals surface area (Å²) in [6.07, 6.45) is 1.73. The van der Waals surface area contributed by atoms with Crippen molar-refractivity contribution in [3.63, 3.8) is 0 Å². The molecule has 6 heteroatoms. The van der Waals surface area contributed by atoms with Crippen LogP contribution in [0.4, 0.5) is 5.69 Å². The molecule has 150 valence electrons. The molecule has 4 rings (SSSR count). The fraction of sp³-hybridized carbons (Fsp3) is 0.304. The standard InChI is InChI=1S/C23H24N2O3S/c1-16-7-3-4-8-21(16)27-12-6-5-11-25-20-13-18(19-15-29-17(2)24-19)9-10-22(20)28-14-23(25)26/h3-4,7-10,13,15H,5-6,11-12,14H2,1-2H3. The van der Waals surface area contributed by atoms with E-state index in [4.69, 9.17) is 9.47 Å². The van der Waals surface area contributed by atoms with Crippen LogP contribution >= 0.6 is 11.3 Å². The Kier molecular flexibility index (Phi) is 5.81. The summed E-state index contributed by atoms with van der Waals surface area (Å²) < 4.78 is 11.5. The van der Waals surface area contributed by atoms with Crippen LogP contribution < -0.4 is 14.4 Å². The summed E-state index contributed by atoms with van der Waals surface area (Å²) in [5.74, 6) is 1.66. The van der Waals surface area contributed by atoms with Crippen LogP contribution in [0, 0.1) is 13.8 Å². The van der Waals surface area contributed by atoms with Crippen LogP contribution in [0.15, 0.2) is 47.8 Å². The molecule has 1 aliphatic rings. The number of nitrogens with zero attached hydrogens (tertiary/aromatic N) is 2. The van der Waals surface area contributed by atoms with Crippen molar-refractivity contribution in [3.8, 4) is 22.8 Å². The molecule has 0 saturated heterocycles. The van der Waals surface area contributed by atoms with Crippen molar-refractivity contribution in [1.82, 2.24) is 4.98 Å². The smallest absolute Gasteiger partial charge is 0.265 e. The summed E-state index contributed by atoms with van der Waals surface area (Å²) in [5, 5.41) is 3.06. The van der Waals surface area contributed by atoms with Gasteiger partial charge in [0.15, 0.2) is 6.61 Å². The molecule has 0 saturated carbocycles. The molecule has 0 bridgehead atoms. The number of aromatic nitrogens is 1. The highest BCUT2D eigenvalue weighted by Gasteiger charge is 2.25. The fourth-order valence-electron chi connectivity index (χ4n) is 3.38. The van der Waals surface area contributed by atoms with E-state index in [2.05, 4.69) is 4.98 Å². The Hall–Kier alpha value is -2.86. The van der Waals surface area contributed by atoms with Crippen LogP contribution in [0.3, 0.4) is 0 Å². The number of unbranched alkanes of at least 4 members (excludes halogenated alkanes) is 1. The van der Waals surface area contributed by atoms with E-state index in [0.29, 0.717) is 13.2 Å². The van der Waals surface area contributed by atoms with Gasteiger partial charge in [-0.15, -0.1) is 11.3 Å². The lowest BCUT2D eigenvalue weighted by atomic mass is 10.1. The van der Waals surface area contributed by atoms with Crippen molar-refractivity contribution in [2.24, 2.45) is 0 Å². The number of carbonyl (C=O) groups is 1. The Labute approximate surface area is 174 Å². The predicted molar refractivity (Wildman–Crippen MR) is 116 cm³/mol. The van der Waals surface area contributed by atoms with Crippen LogP contribution in [-0.2, 0) is 4.79 Å². The quantitative estimate of drug-likeness (QED) is 0.516. The molecule has 2 heterocycles. The number of rotatable bonds is 7. The van der Waals surface area contributed by atoms with Crippen molar-refractivity contribution in [3.05, 3.63) is 58.4 Å². The molecule has 0 spiro atoms. The zero-order chi connectivity index (χ0) is 20.2. The lowest BCUT2D eigenvalue weighted by Gasteiger charge is -2.29. The first-order chi connectivity index (χ1) is 14.1. The number of anilines is 1. The van der Waals surface area contributed by atoms with E-state index in [1.807, 2.05) is 66.6 Å². The van der Waals surface area contributed by atoms with Crippen molar-refractivity contribution in [2.75, 3.05) is 24.7 Å². The van der Waals surface area contributed by atoms with Crippen LogP contribution in [0.2, 0.25) is 0 Å². The largest absolute Gasteiger partial charge is 0.493 e. The first-order valence-corrected chi connectivity index (χ1v) is 10.7. The van der Waals surface area contributed by atoms with E-state index in [-0.39, 0.29) is 12.5 Å². The van der Waals surface area contributed by atoms with E-state index >= 15 is 0 Å². The van der Waals surface area contributed by atoms with Gasteiger partial charge in [0.25, 0.3) is 5.91 Å². The average Bonchev–Trinajstić information content (AvgIpc) is 3.16. The van der Waals surface area contributed by atoms with E-state index in [0.717, 1.165) is 51.9 Å². The van der Waals surface area contributed by atoms with E-state index in [1.165, 1.54) is 0 Å². The number of amides is 1. The van der Waals surface area contributed by atoms with E-state index in [1.54, 1.807) is 11.3 Å². The van der Waals surface area contributed by atoms with Gasteiger partial charge >= 0.3 is 0 Å². The number of hydrogen-bond acceptors (Lipinski definition) is 5. The van der Waals surface area contributed by atoms with Gasteiger partial charge < -0.3 is 14.4 Å². The molecule has 2 aromatic carbocycles. The van der Waals surface area contributed by atoms with Gasteiger partial charge in [-0.1, -0.05) is 18.2 Å². The summed E-state index contributed by atoms with van der Waals surface area (Å²) in [6.45, 7) is 5.40. The van der Waals surface area contributed by atoms with Gasteiger partial charge in [0.05, 0.1) is 23.0 Å². The lowest BCUT2D eigenvalue weighted by Crippen LogP contribution is -2.39. The van der Waals surface area contributed by atoms with Crippen molar-refractivity contribution in [2.45, 2.75) is 26.7 Å². The molecular weight excluding hydrogens is 384 g/mol. The monoisotopic (exact) mass is 408 g/mol. The Balaban J connectivity index is 1.40. The number of para-hydroxylation sites is 1. The van der Waals surface area contributed by atoms with Gasteiger partial charge in [0.1, 0.15) is 11.5 Å². The molecule has 0 atom stereocenters. The maximum absolute atomic E-state index is 12.5. The third-order valence-corrected chi connectivity index (χ3v) is 5.72. The molecule has 0 N–H and O–H groups in total. The minimum Gasteiger partial charge on any atom is -0.493 e. The van der Waals surface area contributed by atoms with Gasteiger partial charge in [-0.05, 0) is 56.5 Å². The average molecular weight is 409 g/mol. The highest BCUT2D eigenvalue weighted by atomic mass is 32.1. The topological polar surface area (TPSA) is 51.7 Å². The van der Waals surface area contributed by atoms with Gasteiger partial charge in [-0.3, -0.25) is 4.79 Å². The first-order valence-electron chi connectivity index (χ1n) is 9.80. The van der Waals surface area contributed by atoms with Gasteiger partial charge in [0, 0.05) is 17.5 Å². The second-order valence-corrected chi connectivity index (χ2v) is 8.15. The SMILES string of the molecule is Cc1nc(-c2ccc3c(c2)N(CCCCOc2ccccc2C)C(=O)CO3)cs1. The molecule has 29 heavy (non-hydrogen) atoms. The second kappa shape index (κ2) is 8.66. The fourth-order valence-corrected chi connectivity index (χ4v) is 4.00. The van der Waals surface area contributed by atoms with Crippen LogP contribution in [0.25, 0.3) is 11.3 Å². The second-order valence-electron chi connectivity index (χ2n) is 7.09. The van der Waals surface area contributed by atoms with Crippen LogP contribution in [0.1, 0.15) is 23.4 Å². The summed E-state index contributed by atoms with van der Waals surface area (Å²) >= 11 is 1.62. The van der Waals surface area contributed by atoms with Gasteiger partial charge in [-0.2, -0.15) is 0 Å². The maximum Gasteiger partial charge on any atom is 0.265 e. The molecule has 1 amide bonds. The highest BCUT2D eigenvalue weighted by molar-refractivity contribution is 7.09. The third-order valence-electron chi connectivity index (χ3n) is 4.94. The lowest BCUT2D eigenvalue weighted by molar-refractivity contribution is -0.121. The van der Waals surface area contributed by atoms with Crippen molar-refractivity contribution < 1.29 is 14.3 Å². The summed E-state index contributed by atoms with van der Waals surface area (Å²) in [4.78, 5) is 18.9. The predicted octanol–water partition coefficient (Wildman–Crippen LogP) is 5.01. The molecule has 1 aromatic heterocycles. The summed E-state index contributed by atoms with van der Waals surface area (Å²) in [5.41, 5.74) is 3.89. The van der Waals surface area contributed by atoms with Gasteiger partial charge in [-0.25, -0.2) is 4.98 Å². The summed E-state index contributed by atoms with van der Waals surface area (Å²) in [6, 6.07) is 13.9. The van der Waals surface area contributed by atoms with Crippen molar-refractivity contribution in [1.29, 1.82) is 0 Å². The van der Waals surface area contributed by atoms with Crippen LogP contribution in [-0.4, -0.2) is 30.6 Å². The number of ether oxygens (including phenoxy) is 2. The first kappa shape index (κ1) is 19.5. The molecule has 0 radical (unpaired) electrons. The van der Waals surface area contributed by atoms with E-state index in [9.17, 15) is 4.79 Å². The number of hydrogen-bond donors (Lipinski definition) is 0. The number of benzene rings is 2. The number of aryl methyl sites for hydroxylation is 2. The van der Waals surface area contributed by atoms with Gasteiger partial charge in [0.2, 0.25) is 0 Å². The summed E-state index contributed by atoms with van der Waals surface area (Å²) in [7, 11) is 0. The molecule has 0 fully saturated rings. The maximum atomic E-state index is 12.5. The normalized spacial score (nSPS) is 13.2. The molecule has 0 aliphatic carbocycles. The van der Waals surface area contributed by atoms with E-state index < -0.39 is 0 Å². The Morgan fingerprint density at radius 2 is 2.03 bits per heavy atom. The third kappa shape index (κ3) is 4.43. The Morgan fingerprint density at radius 3 is 2.83 bits per heavy atom.